The number of Topliss-reactive ketones (excluding diaryl/α,β-unsaturated/α-hetero) is 1. The topological polar surface area (TPSA) is 88.4 Å². The fraction of sp³-hybridized carbons (Fsp3) is 0.148. The highest BCUT2D eigenvalue weighted by Crippen LogP contribution is 2.42. The molecule has 0 aliphatic carbocycles. The minimum Gasteiger partial charge on any atom is -0.507 e. The molecule has 1 unspecified atom stereocenters. The SMILES string of the molecule is COc1ccc(C(O)=C2C(=O)C(=O)N(c3ccc(C4=NCCO4)cc3)C2c2ccc(F)cc2)cc1. The maximum absolute atomic E-state index is 13.7. The highest BCUT2D eigenvalue weighted by molar-refractivity contribution is 6.51. The third kappa shape index (κ3) is 4.03. The molecule has 0 bridgehead atoms. The maximum atomic E-state index is 13.7. The molecule has 2 aliphatic rings. The van der Waals surface area contributed by atoms with E-state index in [1.807, 2.05) is 0 Å². The Morgan fingerprint density at radius 2 is 1.71 bits per heavy atom. The Hall–Kier alpha value is -4.46. The number of aliphatic imine (C=N–C) groups is 1. The molecule has 1 saturated heterocycles. The fourth-order valence-corrected chi connectivity index (χ4v) is 4.24. The molecule has 2 aliphatic heterocycles. The second kappa shape index (κ2) is 9.06. The number of halogens is 1. The molecule has 1 N–H and O–H groups in total. The van der Waals surface area contributed by atoms with Crippen molar-refractivity contribution in [3.63, 3.8) is 0 Å². The van der Waals surface area contributed by atoms with Crippen LogP contribution in [0.3, 0.4) is 0 Å². The first-order valence-corrected chi connectivity index (χ1v) is 11.0. The number of anilines is 1. The van der Waals surface area contributed by atoms with E-state index in [4.69, 9.17) is 9.47 Å². The van der Waals surface area contributed by atoms with Crippen LogP contribution in [-0.2, 0) is 14.3 Å². The van der Waals surface area contributed by atoms with Gasteiger partial charge < -0.3 is 14.6 Å². The number of benzene rings is 3. The molecule has 8 heteroatoms. The second-order valence-electron chi connectivity index (χ2n) is 8.03. The highest BCUT2D eigenvalue weighted by atomic mass is 19.1. The van der Waals surface area contributed by atoms with Gasteiger partial charge in [0.1, 0.15) is 23.9 Å². The molecule has 1 amide bonds. The molecule has 0 aromatic heterocycles. The van der Waals surface area contributed by atoms with Gasteiger partial charge in [-0.2, -0.15) is 0 Å². The summed E-state index contributed by atoms with van der Waals surface area (Å²) in [5, 5.41) is 11.1. The number of ether oxygens (including phenoxy) is 2. The fourth-order valence-electron chi connectivity index (χ4n) is 4.24. The number of nitrogens with zero attached hydrogens (tertiary/aromatic N) is 2. The van der Waals surface area contributed by atoms with Crippen molar-refractivity contribution in [3.8, 4) is 5.75 Å². The van der Waals surface area contributed by atoms with E-state index in [9.17, 15) is 19.1 Å². The minimum atomic E-state index is -0.955. The monoisotopic (exact) mass is 472 g/mol. The third-order valence-corrected chi connectivity index (χ3v) is 5.97. The zero-order chi connectivity index (χ0) is 24.5. The summed E-state index contributed by atoms with van der Waals surface area (Å²) in [6, 6.07) is 17.9. The summed E-state index contributed by atoms with van der Waals surface area (Å²) in [7, 11) is 1.52. The van der Waals surface area contributed by atoms with Crippen LogP contribution in [0.4, 0.5) is 10.1 Å². The zero-order valence-electron chi connectivity index (χ0n) is 18.8. The van der Waals surface area contributed by atoms with Crippen molar-refractivity contribution in [2.45, 2.75) is 6.04 Å². The van der Waals surface area contributed by atoms with E-state index in [1.54, 1.807) is 48.5 Å². The second-order valence-corrected chi connectivity index (χ2v) is 8.03. The van der Waals surface area contributed by atoms with Crippen LogP contribution in [-0.4, -0.2) is 43.0 Å². The lowest BCUT2D eigenvalue weighted by atomic mass is 9.95. The predicted octanol–water partition coefficient (Wildman–Crippen LogP) is 4.24. The molecule has 0 spiro atoms. The molecule has 3 aromatic rings. The van der Waals surface area contributed by atoms with Gasteiger partial charge in [-0.1, -0.05) is 12.1 Å². The number of hydrogen-bond donors (Lipinski definition) is 1. The zero-order valence-corrected chi connectivity index (χ0v) is 18.8. The average molecular weight is 472 g/mol. The predicted molar refractivity (Wildman–Crippen MR) is 128 cm³/mol. The lowest BCUT2D eigenvalue weighted by Crippen LogP contribution is -2.29. The molecule has 3 aromatic carbocycles. The van der Waals surface area contributed by atoms with Crippen molar-refractivity contribution in [1.29, 1.82) is 0 Å². The maximum Gasteiger partial charge on any atom is 0.300 e. The van der Waals surface area contributed by atoms with Crippen LogP contribution < -0.4 is 9.64 Å². The Morgan fingerprint density at radius 3 is 2.31 bits per heavy atom. The molecule has 35 heavy (non-hydrogen) atoms. The van der Waals surface area contributed by atoms with Gasteiger partial charge in [0.15, 0.2) is 0 Å². The Labute approximate surface area is 200 Å². The summed E-state index contributed by atoms with van der Waals surface area (Å²) in [6.45, 7) is 1.10. The first kappa shape index (κ1) is 22.3. The van der Waals surface area contributed by atoms with E-state index < -0.39 is 23.5 Å². The number of carbonyl (C=O) groups is 2. The van der Waals surface area contributed by atoms with Crippen molar-refractivity contribution in [2.24, 2.45) is 4.99 Å². The molecule has 5 rings (SSSR count). The van der Waals surface area contributed by atoms with Crippen LogP contribution >= 0.6 is 0 Å². The summed E-state index contributed by atoms with van der Waals surface area (Å²) < 4.78 is 24.3. The van der Waals surface area contributed by atoms with Gasteiger partial charge in [-0.05, 0) is 66.2 Å². The Bertz CT molecular complexity index is 1350. The highest BCUT2D eigenvalue weighted by Gasteiger charge is 2.47. The lowest BCUT2D eigenvalue weighted by molar-refractivity contribution is -0.132. The normalized spacial score (nSPS) is 19.0. The molecule has 176 valence electrons. The minimum absolute atomic E-state index is 0.0839. The summed E-state index contributed by atoms with van der Waals surface area (Å²) in [6.07, 6.45) is 0. The van der Waals surface area contributed by atoms with E-state index in [0.29, 0.717) is 41.6 Å². The molecule has 0 radical (unpaired) electrons. The number of amides is 1. The smallest absolute Gasteiger partial charge is 0.300 e. The van der Waals surface area contributed by atoms with Crippen molar-refractivity contribution in [1.82, 2.24) is 0 Å². The summed E-state index contributed by atoms with van der Waals surface area (Å²) in [4.78, 5) is 32.0. The molecular formula is C27H21FN2O5. The summed E-state index contributed by atoms with van der Waals surface area (Å²) >= 11 is 0. The number of hydrogen-bond acceptors (Lipinski definition) is 6. The summed E-state index contributed by atoms with van der Waals surface area (Å²) in [5.74, 6) is -1.31. The van der Waals surface area contributed by atoms with Gasteiger partial charge in [0, 0.05) is 16.8 Å². The average Bonchev–Trinajstić information content (AvgIpc) is 3.52. The lowest BCUT2D eigenvalue weighted by Gasteiger charge is -2.25. The van der Waals surface area contributed by atoms with E-state index >= 15 is 0 Å². The largest absolute Gasteiger partial charge is 0.507 e. The Balaban J connectivity index is 1.62. The first-order valence-electron chi connectivity index (χ1n) is 11.0. The molecule has 1 atom stereocenters. The van der Waals surface area contributed by atoms with Gasteiger partial charge in [0.05, 0.1) is 25.3 Å². The molecule has 7 nitrogen and oxygen atoms in total. The summed E-state index contributed by atoms with van der Waals surface area (Å²) in [5.41, 5.74) is 1.94. The number of aliphatic hydroxyl groups is 1. The van der Waals surface area contributed by atoms with Gasteiger partial charge in [0.25, 0.3) is 11.7 Å². The van der Waals surface area contributed by atoms with Crippen molar-refractivity contribution in [3.05, 3.63) is 101 Å². The van der Waals surface area contributed by atoms with Gasteiger partial charge >= 0.3 is 0 Å². The van der Waals surface area contributed by atoms with E-state index in [1.165, 1.54) is 36.3 Å². The quantitative estimate of drug-likeness (QED) is 0.341. The Morgan fingerprint density at radius 1 is 1.03 bits per heavy atom. The number of carbonyl (C=O) groups excluding carboxylic acids is 2. The number of rotatable bonds is 5. The number of aliphatic hydroxyl groups excluding tert-OH is 1. The Kier molecular flexibility index (Phi) is 5.78. The van der Waals surface area contributed by atoms with Gasteiger partial charge in [-0.15, -0.1) is 0 Å². The van der Waals surface area contributed by atoms with Crippen LogP contribution in [0.15, 0.2) is 83.4 Å². The van der Waals surface area contributed by atoms with Crippen LogP contribution in [0.1, 0.15) is 22.7 Å². The molecule has 0 saturated carbocycles. The molecule has 1 fully saturated rings. The van der Waals surface area contributed by atoms with Gasteiger partial charge in [-0.3, -0.25) is 14.5 Å². The van der Waals surface area contributed by atoms with Crippen LogP contribution in [0, 0.1) is 5.82 Å². The van der Waals surface area contributed by atoms with Crippen molar-refractivity contribution < 1.29 is 28.6 Å². The van der Waals surface area contributed by atoms with Crippen LogP contribution in [0.2, 0.25) is 0 Å². The van der Waals surface area contributed by atoms with Crippen LogP contribution in [0.5, 0.6) is 5.75 Å². The van der Waals surface area contributed by atoms with Crippen molar-refractivity contribution in [2.75, 3.05) is 25.2 Å². The van der Waals surface area contributed by atoms with E-state index in [2.05, 4.69) is 4.99 Å². The third-order valence-electron chi connectivity index (χ3n) is 5.97. The molecule has 2 heterocycles. The van der Waals surface area contributed by atoms with Gasteiger partial charge in [-0.25, -0.2) is 9.38 Å². The van der Waals surface area contributed by atoms with Crippen molar-refractivity contribution >= 4 is 29.0 Å². The van der Waals surface area contributed by atoms with E-state index in [-0.39, 0.29) is 11.3 Å². The molecular weight excluding hydrogens is 451 g/mol. The standard InChI is InChI=1S/C27H21FN2O5/c1-34-21-12-6-17(7-13-21)24(31)22-23(16-2-8-19(28)9-3-16)30(27(33)25(22)32)20-10-4-18(5-11-20)26-29-14-15-35-26/h2-13,23,31H,14-15H2,1H3. The van der Waals surface area contributed by atoms with Crippen LogP contribution in [0.25, 0.3) is 5.76 Å². The van der Waals surface area contributed by atoms with Gasteiger partial charge in [0.2, 0.25) is 5.90 Å². The number of methoxy groups -OCH3 is 1. The number of ketones is 1. The van der Waals surface area contributed by atoms with E-state index in [0.717, 1.165) is 5.56 Å². The first-order chi connectivity index (χ1) is 17.0.